The van der Waals surface area contributed by atoms with E-state index in [0.717, 1.165) is 37.8 Å². The van der Waals surface area contributed by atoms with Crippen LogP contribution in [0.1, 0.15) is 132 Å². The van der Waals surface area contributed by atoms with E-state index in [9.17, 15) is 9.59 Å². The van der Waals surface area contributed by atoms with Crippen LogP contribution in [-0.2, 0) is 44.3 Å². The van der Waals surface area contributed by atoms with Gasteiger partial charge in [0.2, 0.25) is 0 Å². The first-order valence-electron chi connectivity index (χ1n) is 19.5. The molecule has 0 atom stereocenters. The van der Waals surface area contributed by atoms with Gasteiger partial charge in [0.25, 0.3) is 0 Å². The maximum Gasteiger partial charge on any atom is 0.500 e. The summed E-state index contributed by atoms with van der Waals surface area (Å²) in [6.07, 6.45) is 3.30. The molecule has 0 aliphatic rings. The summed E-state index contributed by atoms with van der Waals surface area (Å²) in [5, 5.41) is 0. The van der Waals surface area contributed by atoms with Gasteiger partial charge in [0.1, 0.15) is 0 Å². The van der Waals surface area contributed by atoms with Gasteiger partial charge in [0.05, 0.1) is 0 Å². The van der Waals surface area contributed by atoms with Gasteiger partial charge < -0.3 is 76.8 Å². The zero-order valence-electron chi connectivity index (χ0n) is 34.8. The standard InChI is InChI=1S/2C9H23NO3Si.2C7H19NO3Si.5CH4/c2*1-4-11-14(12-5-2,13-6-3)9-7-8-10;2*1-3-10-12(9,11-4-2)7-5-6-8;;;;;/h2*4-10H2,1-3H3;2*9H,3-8H2,1-2H3;5*1H4. The molecule has 0 rings (SSSR count). The van der Waals surface area contributed by atoms with Gasteiger partial charge in [-0.3, -0.25) is 0 Å². The second kappa shape index (κ2) is 54.2. The summed E-state index contributed by atoms with van der Waals surface area (Å²) in [5.74, 6) is 0. The maximum absolute atomic E-state index is 9.78. The van der Waals surface area contributed by atoms with Crippen LogP contribution in [0.3, 0.4) is 0 Å². The van der Waals surface area contributed by atoms with Crippen molar-refractivity contribution < 1.29 is 53.9 Å². The van der Waals surface area contributed by atoms with Crippen LogP contribution in [0.5, 0.6) is 0 Å². The molecule has 0 amide bonds. The van der Waals surface area contributed by atoms with Gasteiger partial charge in [-0.2, -0.15) is 0 Å². The van der Waals surface area contributed by atoms with E-state index in [1.54, 1.807) is 0 Å². The molecule has 57 heavy (non-hydrogen) atoms. The van der Waals surface area contributed by atoms with E-state index >= 15 is 0 Å². The topological polar surface area (TPSA) is 237 Å². The van der Waals surface area contributed by atoms with Crippen LogP contribution >= 0.6 is 0 Å². The Bertz CT molecular complexity index is 621. The SMILES string of the molecule is C.C.C.C.C.CCO[Si](CCCN)(OCC)OCC.CCO[Si](CCCN)(OCC)OCC.CCO[Si](O)(CCCN)OCC.CCO[Si](O)(CCCN)OCC. The van der Waals surface area contributed by atoms with Crippen molar-refractivity contribution in [2.75, 3.05) is 92.2 Å². The molecule has 0 aliphatic heterocycles. The van der Waals surface area contributed by atoms with E-state index in [4.69, 9.17) is 67.2 Å². The zero-order chi connectivity index (χ0) is 40.6. The van der Waals surface area contributed by atoms with Crippen molar-refractivity contribution in [2.24, 2.45) is 22.9 Å². The molecule has 0 fully saturated rings. The van der Waals surface area contributed by atoms with E-state index in [1.807, 2.05) is 69.2 Å². The summed E-state index contributed by atoms with van der Waals surface area (Å²) in [7, 11) is -10.5. The minimum absolute atomic E-state index is 0. The van der Waals surface area contributed by atoms with Gasteiger partial charge in [-0.1, -0.05) is 37.1 Å². The highest BCUT2D eigenvalue weighted by atomic mass is 28.4. The van der Waals surface area contributed by atoms with Crippen molar-refractivity contribution in [3.63, 3.8) is 0 Å². The third kappa shape index (κ3) is 45.6. The highest BCUT2D eigenvalue weighted by molar-refractivity contribution is 6.61. The molecule has 0 heterocycles. The lowest BCUT2D eigenvalue weighted by molar-refractivity contribution is 0.0702. The quantitative estimate of drug-likeness (QED) is 0.0389. The minimum Gasteiger partial charge on any atom is -0.390 e. The summed E-state index contributed by atoms with van der Waals surface area (Å²) in [4.78, 5) is 19.6. The molecule has 20 heteroatoms. The van der Waals surface area contributed by atoms with Gasteiger partial charge in [-0.15, -0.1) is 0 Å². The fourth-order valence-electron chi connectivity index (χ4n) is 4.56. The number of hydrogen-bond acceptors (Lipinski definition) is 16. The van der Waals surface area contributed by atoms with Crippen molar-refractivity contribution in [1.29, 1.82) is 0 Å². The Kier molecular flexibility index (Phi) is 74.0. The molecule has 10 N–H and O–H groups in total. The molecule has 0 unspecified atom stereocenters. The summed E-state index contributed by atoms with van der Waals surface area (Å²) in [6.45, 7) is 27.4. The molecule has 0 aromatic heterocycles. The molecule has 0 saturated heterocycles. The van der Waals surface area contributed by atoms with Crippen LogP contribution in [0, 0.1) is 0 Å². The molecule has 0 spiro atoms. The van der Waals surface area contributed by atoms with Gasteiger partial charge in [0.15, 0.2) is 0 Å². The second-order valence-electron chi connectivity index (χ2n) is 10.7. The highest BCUT2D eigenvalue weighted by Gasteiger charge is 2.40. The largest absolute Gasteiger partial charge is 0.500 e. The van der Waals surface area contributed by atoms with Gasteiger partial charge in [-0.25, -0.2) is 0 Å². The first kappa shape index (κ1) is 77.8. The average molecular weight is 910 g/mol. The summed E-state index contributed by atoms with van der Waals surface area (Å²) in [6, 6.07) is 2.76. The Morgan fingerprint density at radius 2 is 0.456 bits per heavy atom. The third-order valence-electron chi connectivity index (χ3n) is 6.43. The van der Waals surface area contributed by atoms with E-state index in [0.29, 0.717) is 104 Å². The molecule has 0 aromatic rings. The van der Waals surface area contributed by atoms with Crippen molar-refractivity contribution >= 4 is 35.2 Å². The van der Waals surface area contributed by atoms with Crippen molar-refractivity contribution in [3.8, 4) is 0 Å². The summed E-state index contributed by atoms with van der Waals surface area (Å²) < 4.78 is 54.7. The smallest absolute Gasteiger partial charge is 0.390 e. The zero-order valence-corrected chi connectivity index (χ0v) is 38.8. The lowest BCUT2D eigenvalue weighted by Crippen LogP contribution is -2.46. The molecular weight excluding hydrogens is 805 g/mol. The lowest BCUT2D eigenvalue weighted by atomic mass is 10.5. The molecule has 0 radical (unpaired) electrons. The third-order valence-corrected chi connectivity index (χ3v) is 17.7. The fraction of sp³-hybridized carbons (Fsp3) is 1.00. The number of rotatable bonds is 32. The van der Waals surface area contributed by atoms with E-state index in [2.05, 4.69) is 0 Å². The summed E-state index contributed by atoms with van der Waals surface area (Å²) >= 11 is 0. The predicted molar refractivity (Wildman–Crippen MR) is 251 cm³/mol. The molecule has 0 aliphatic carbocycles. The molecular formula is C37H104N4O12Si4. The Hall–Kier alpha value is 0.228. The van der Waals surface area contributed by atoms with Crippen molar-refractivity contribution in [1.82, 2.24) is 0 Å². The average Bonchev–Trinajstić information content (AvgIpc) is 3.10. The molecule has 0 saturated carbocycles. The van der Waals surface area contributed by atoms with Gasteiger partial charge >= 0.3 is 35.2 Å². The van der Waals surface area contributed by atoms with Crippen LogP contribution in [0.4, 0.5) is 0 Å². The highest BCUT2D eigenvalue weighted by Crippen LogP contribution is 2.18. The van der Waals surface area contributed by atoms with E-state index in [1.165, 1.54) is 0 Å². The minimum atomic E-state index is -2.85. The Morgan fingerprint density at radius 3 is 0.596 bits per heavy atom. The predicted octanol–water partition coefficient (Wildman–Crippen LogP) is 6.63. The van der Waals surface area contributed by atoms with Gasteiger partial charge in [0, 0.05) is 90.2 Å². The number of nitrogens with two attached hydrogens (primary N) is 4. The molecule has 360 valence electrons. The Labute approximate surface area is 359 Å². The first-order chi connectivity index (χ1) is 24.8. The van der Waals surface area contributed by atoms with Gasteiger partial charge in [-0.05, 0) is 121 Å². The van der Waals surface area contributed by atoms with Crippen LogP contribution in [0.2, 0.25) is 24.2 Å². The normalized spacial score (nSPS) is 10.9. The summed E-state index contributed by atoms with van der Waals surface area (Å²) in [5.41, 5.74) is 21.6. The maximum atomic E-state index is 9.78. The van der Waals surface area contributed by atoms with Crippen LogP contribution < -0.4 is 22.9 Å². The fourth-order valence-corrected chi connectivity index (χ4v) is 13.7. The molecule has 16 nitrogen and oxygen atoms in total. The van der Waals surface area contributed by atoms with Crippen molar-refractivity contribution in [3.05, 3.63) is 0 Å². The first-order valence-corrected chi connectivity index (χ1v) is 27.3. The Balaban J connectivity index is -0.0000000750. The monoisotopic (exact) mass is 909 g/mol. The van der Waals surface area contributed by atoms with Crippen LogP contribution in [0.15, 0.2) is 0 Å². The molecule has 0 bridgehead atoms. The van der Waals surface area contributed by atoms with Crippen LogP contribution in [0.25, 0.3) is 0 Å². The van der Waals surface area contributed by atoms with E-state index in [-0.39, 0.29) is 37.1 Å². The number of hydrogen-bond donors (Lipinski definition) is 6. The second-order valence-corrected chi connectivity index (χ2v) is 21.2. The lowest BCUT2D eigenvalue weighted by Gasteiger charge is -2.28. The van der Waals surface area contributed by atoms with E-state index < -0.39 is 35.2 Å². The molecule has 0 aromatic carbocycles. The van der Waals surface area contributed by atoms with Crippen LogP contribution in [-0.4, -0.2) is 137 Å². The van der Waals surface area contributed by atoms with Crippen molar-refractivity contribution in [2.45, 2.75) is 156 Å². The Morgan fingerprint density at radius 1 is 0.298 bits per heavy atom.